The molecule has 1 aromatic rings. The number of ether oxygens (including phenoxy) is 1. The van der Waals surface area contributed by atoms with Crippen molar-refractivity contribution in [1.29, 1.82) is 0 Å². The van der Waals surface area contributed by atoms with Crippen LogP contribution in [0.5, 0.6) is 0 Å². The second kappa shape index (κ2) is 11.8. The van der Waals surface area contributed by atoms with Crippen LogP contribution in [-0.4, -0.2) is 49.0 Å². The maximum atomic E-state index is 11.8. The third-order valence-corrected chi connectivity index (χ3v) is 3.10. The number of hydrogen-bond acceptors (Lipinski definition) is 4. The minimum Gasteiger partial charge on any atom is -0.383 e. The lowest BCUT2D eigenvalue weighted by Crippen LogP contribution is -2.34. The third-order valence-electron chi connectivity index (χ3n) is 3.10. The fourth-order valence-electron chi connectivity index (χ4n) is 1.89. The molecular formula is C13H26Cl2N4O2. The topological polar surface area (TPSA) is 68.2 Å². The second-order valence-electron chi connectivity index (χ2n) is 4.54. The van der Waals surface area contributed by atoms with Gasteiger partial charge in [0.05, 0.1) is 18.7 Å². The summed E-state index contributed by atoms with van der Waals surface area (Å²) in [6.07, 6.45) is 0.392. The molecular weight excluding hydrogens is 315 g/mol. The molecule has 0 atom stereocenters. The summed E-state index contributed by atoms with van der Waals surface area (Å²) >= 11 is 0. The van der Waals surface area contributed by atoms with Gasteiger partial charge in [-0.15, -0.1) is 24.8 Å². The number of halogens is 2. The van der Waals surface area contributed by atoms with Gasteiger partial charge in [0.1, 0.15) is 0 Å². The van der Waals surface area contributed by atoms with Gasteiger partial charge in [0, 0.05) is 45.0 Å². The Morgan fingerprint density at radius 1 is 1.24 bits per heavy atom. The first-order chi connectivity index (χ1) is 9.06. The summed E-state index contributed by atoms with van der Waals surface area (Å²) in [5, 5.41) is 10.4. The molecule has 0 aromatic carbocycles. The van der Waals surface area contributed by atoms with Gasteiger partial charge < -0.3 is 15.4 Å². The smallest absolute Gasteiger partial charge is 0.224 e. The lowest BCUT2D eigenvalue weighted by atomic mass is 10.1. The van der Waals surface area contributed by atoms with Crippen LogP contribution >= 0.6 is 24.8 Å². The number of rotatable bonds is 8. The fourth-order valence-corrected chi connectivity index (χ4v) is 1.89. The molecule has 0 unspecified atom stereocenters. The normalized spacial score (nSPS) is 9.71. The van der Waals surface area contributed by atoms with E-state index in [1.54, 1.807) is 7.11 Å². The molecule has 124 valence electrons. The molecule has 0 saturated carbocycles. The van der Waals surface area contributed by atoms with Crippen LogP contribution in [0.4, 0.5) is 0 Å². The molecule has 2 N–H and O–H groups in total. The number of amides is 1. The molecule has 0 aliphatic carbocycles. The first-order valence-electron chi connectivity index (χ1n) is 6.51. The molecule has 1 amide bonds. The highest BCUT2D eigenvalue weighted by Gasteiger charge is 2.12. The van der Waals surface area contributed by atoms with Crippen molar-refractivity contribution >= 4 is 30.7 Å². The molecule has 0 spiro atoms. The monoisotopic (exact) mass is 340 g/mol. The largest absolute Gasteiger partial charge is 0.383 e. The Hall–Kier alpha value is -0.820. The molecule has 8 heteroatoms. The average molecular weight is 341 g/mol. The van der Waals surface area contributed by atoms with Crippen LogP contribution in [0.25, 0.3) is 0 Å². The van der Waals surface area contributed by atoms with E-state index in [1.807, 2.05) is 25.6 Å². The predicted octanol–water partition coefficient (Wildman–Crippen LogP) is 0.775. The van der Waals surface area contributed by atoms with Crippen LogP contribution in [0.2, 0.25) is 0 Å². The van der Waals surface area contributed by atoms with Gasteiger partial charge in [0.15, 0.2) is 0 Å². The third kappa shape index (κ3) is 7.66. The van der Waals surface area contributed by atoms with E-state index in [4.69, 9.17) is 4.74 Å². The number of nitrogens with one attached hydrogen (secondary N) is 2. The zero-order valence-corrected chi connectivity index (χ0v) is 14.7. The van der Waals surface area contributed by atoms with Gasteiger partial charge in [0.25, 0.3) is 0 Å². The Labute approximate surface area is 138 Å². The molecule has 6 nitrogen and oxygen atoms in total. The summed E-state index contributed by atoms with van der Waals surface area (Å²) in [6, 6.07) is 0. The molecule has 1 heterocycles. The SMILES string of the molecule is COCCNCCNC(=O)Cc1c(C)nn(C)c1C.Cl.Cl. The summed E-state index contributed by atoms with van der Waals surface area (Å²) in [5.41, 5.74) is 2.99. The van der Waals surface area contributed by atoms with Crippen LogP contribution < -0.4 is 10.6 Å². The van der Waals surface area contributed by atoms with Gasteiger partial charge in [-0.1, -0.05) is 0 Å². The number of nitrogens with zero attached hydrogens (tertiary/aromatic N) is 2. The van der Waals surface area contributed by atoms with Gasteiger partial charge in [0.2, 0.25) is 5.91 Å². The molecule has 0 fully saturated rings. The van der Waals surface area contributed by atoms with Crippen molar-refractivity contribution in [2.45, 2.75) is 20.3 Å². The van der Waals surface area contributed by atoms with Crippen LogP contribution in [0.3, 0.4) is 0 Å². The molecule has 1 rings (SSSR count). The number of carbonyl (C=O) groups excluding carboxylic acids is 1. The van der Waals surface area contributed by atoms with E-state index in [2.05, 4.69) is 15.7 Å². The Morgan fingerprint density at radius 2 is 1.90 bits per heavy atom. The molecule has 0 aliphatic rings. The van der Waals surface area contributed by atoms with Crippen LogP contribution in [0.1, 0.15) is 17.0 Å². The van der Waals surface area contributed by atoms with Crippen molar-refractivity contribution < 1.29 is 9.53 Å². The van der Waals surface area contributed by atoms with Gasteiger partial charge in [-0.3, -0.25) is 9.48 Å². The highest BCUT2D eigenvalue weighted by Crippen LogP contribution is 2.12. The Morgan fingerprint density at radius 3 is 2.43 bits per heavy atom. The van der Waals surface area contributed by atoms with Crippen LogP contribution in [0.15, 0.2) is 0 Å². The number of methoxy groups -OCH3 is 1. The molecule has 21 heavy (non-hydrogen) atoms. The average Bonchev–Trinajstić information content (AvgIpc) is 2.60. The predicted molar refractivity (Wildman–Crippen MR) is 88.6 cm³/mol. The Balaban J connectivity index is 0. The lowest BCUT2D eigenvalue weighted by Gasteiger charge is -2.07. The maximum absolute atomic E-state index is 11.8. The van der Waals surface area contributed by atoms with E-state index in [0.29, 0.717) is 19.6 Å². The van der Waals surface area contributed by atoms with Crippen molar-refractivity contribution in [1.82, 2.24) is 20.4 Å². The minimum atomic E-state index is 0. The molecule has 0 aliphatic heterocycles. The van der Waals surface area contributed by atoms with Crippen molar-refractivity contribution in [2.24, 2.45) is 7.05 Å². The van der Waals surface area contributed by atoms with Crippen molar-refractivity contribution in [3.63, 3.8) is 0 Å². The summed E-state index contributed by atoms with van der Waals surface area (Å²) in [4.78, 5) is 11.8. The summed E-state index contributed by atoms with van der Waals surface area (Å²) in [5.74, 6) is 0.0349. The van der Waals surface area contributed by atoms with E-state index in [-0.39, 0.29) is 30.7 Å². The van der Waals surface area contributed by atoms with E-state index in [9.17, 15) is 4.79 Å². The number of hydrogen-bond donors (Lipinski definition) is 2. The number of aromatic nitrogens is 2. The first-order valence-corrected chi connectivity index (χ1v) is 6.51. The van der Waals surface area contributed by atoms with E-state index < -0.39 is 0 Å². The van der Waals surface area contributed by atoms with Gasteiger partial charge in [-0.2, -0.15) is 5.10 Å². The molecule has 0 radical (unpaired) electrons. The maximum Gasteiger partial charge on any atom is 0.224 e. The number of aryl methyl sites for hydroxylation is 2. The van der Waals surface area contributed by atoms with Gasteiger partial charge in [-0.05, 0) is 13.8 Å². The fraction of sp³-hybridized carbons (Fsp3) is 0.692. The molecule has 0 bridgehead atoms. The van der Waals surface area contributed by atoms with E-state index >= 15 is 0 Å². The standard InChI is InChI=1S/C13H24N4O2.2ClH/c1-10-12(11(2)17(3)16-10)9-13(18)15-6-5-14-7-8-19-4;;/h14H,5-9H2,1-4H3,(H,15,18);2*1H. The highest BCUT2D eigenvalue weighted by molar-refractivity contribution is 5.85. The van der Waals surface area contributed by atoms with E-state index in [1.165, 1.54) is 0 Å². The zero-order chi connectivity index (χ0) is 14.3. The molecule has 0 saturated heterocycles. The van der Waals surface area contributed by atoms with Crippen molar-refractivity contribution in [3.8, 4) is 0 Å². The highest BCUT2D eigenvalue weighted by atomic mass is 35.5. The summed E-state index contributed by atoms with van der Waals surface area (Å²) < 4.78 is 6.73. The summed E-state index contributed by atoms with van der Waals surface area (Å²) in [7, 11) is 3.56. The van der Waals surface area contributed by atoms with Gasteiger partial charge >= 0.3 is 0 Å². The zero-order valence-electron chi connectivity index (χ0n) is 13.1. The van der Waals surface area contributed by atoms with Crippen molar-refractivity contribution in [3.05, 3.63) is 17.0 Å². The Kier molecular flexibility index (Phi) is 12.6. The lowest BCUT2D eigenvalue weighted by molar-refractivity contribution is -0.120. The van der Waals surface area contributed by atoms with Crippen molar-refractivity contribution in [2.75, 3.05) is 33.4 Å². The van der Waals surface area contributed by atoms with Crippen LogP contribution in [-0.2, 0) is 23.0 Å². The second-order valence-corrected chi connectivity index (χ2v) is 4.54. The quantitative estimate of drug-likeness (QED) is 0.686. The minimum absolute atomic E-state index is 0. The van der Waals surface area contributed by atoms with Crippen LogP contribution in [0, 0.1) is 13.8 Å². The van der Waals surface area contributed by atoms with E-state index in [0.717, 1.165) is 30.0 Å². The Bertz CT molecular complexity index is 425. The summed E-state index contributed by atoms with van der Waals surface area (Å²) in [6.45, 7) is 6.77. The number of carbonyl (C=O) groups is 1. The first kappa shape index (κ1) is 22.5. The molecule has 1 aromatic heterocycles. The van der Waals surface area contributed by atoms with Gasteiger partial charge in [-0.25, -0.2) is 0 Å².